The van der Waals surface area contributed by atoms with Crippen molar-refractivity contribution < 1.29 is 5.11 Å². The highest BCUT2D eigenvalue weighted by atomic mass is 16.3. The van der Waals surface area contributed by atoms with Gasteiger partial charge in [0.2, 0.25) is 0 Å². The smallest absolute Gasteiger partial charge is 0.0456 e. The van der Waals surface area contributed by atoms with Crippen molar-refractivity contribution >= 4 is 6.08 Å². The van der Waals surface area contributed by atoms with E-state index in [0.717, 1.165) is 25.9 Å². The molecule has 1 unspecified atom stereocenters. The second kappa shape index (κ2) is 8.97. The minimum atomic E-state index is 0.300. The Morgan fingerprint density at radius 2 is 2.06 bits per heavy atom. The topological polar surface area (TPSA) is 32.3 Å². The van der Waals surface area contributed by atoms with Crippen LogP contribution in [0.5, 0.6) is 0 Å². The second-order valence-corrected chi connectivity index (χ2v) is 4.45. The van der Waals surface area contributed by atoms with E-state index in [-0.39, 0.29) is 0 Å². The second-order valence-electron chi connectivity index (χ2n) is 4.45. The van der Waals surface area contributed by atoms with Crippen molar-refractivity contribution in [3.63, 3.8) is 0 Å². The summed E-state index contributed by atoms with van der Waals surface area (Å²) in [5.74, 6) is 0.427. The van der Waals surface area contributed by atoms with Crippen molar-refractivity contribution in [3.05, 3.63) is 42.0 Å². The van der Waals surface area contributed by atoms with Crippen LogP contribution in [0, 0.1) is 5.92 Å². The summed E-state index contributed by atoms with van der Waals surface area (Å²) < 4.78 is 0. The van der Waals surface area contributed by atoms with Gasteiger partial charge < -0.3 is 10.4 Å². The molecule has 0 aliphatic rings. The molecule has 94 valence electrons. The number of hydrogen-bond donors (Lipinski definition) is 2. The lowest BCUT2D eigenvalue weighted by atomic mass is 10.1. The van der Waals surface area contributed by atoms with Crippen LogP contribution in [0.15, 0.2) is 36.4 Å². The van der Waals surface area contributed by atoms with Crippen LogP contribution in [0.2, 0.25) is 0 Å². The van der Waals surface area contributed by atoms with Crippen LogP contribution >= 0.6 is 0 Å². The van der Waals surface area contributed by atoms with Gasteiger partial charge in [0, 0.05) is 13.2 Å². The lowest BCUT2D eigenvalue weighted by molar-refractivity contribution is 0.228. The molecule has 1 atom stereocenters. The molecule has 0 aliphatic carbocycles. The largest absolute Gasteiger partial charge is 0.396 e. The van der Waals surface area contributed by atoms with Crippen molar-refractivity contribution in [2.45, 2.75) is 19.8 Å². The average molecular weight is 233 g/mol. The Labute approximate surface area is 104 Å². The van der Waals surface area contributed by atoms with Crippen LogP contribution in [0.1, 0.15) is 25.3 Å². The summed E-state index contributed by atoms with van der Waals surface area (Å²) in [6.45, 7) is 4.30. The fraction of sp³-hybridized carbons (Fsp3) is 0.467. The van der Waals surface area contributed by atoms with Crippen molar-refractivity contribution in [2.75, 3.05) is 19.7 Å². The molecule has 0 aromatic heterocycles. The predicted octanol–water partition coefficient (Wildman–Crippen LogP) is 2.70. The Hall–Kier alpha value is -1.12. The van der Waals surface area contributed by atoms with Gasteiger partial charge in [0.05, 0.1) is 0 Å². The van der Waals surface area contributed by atoms with Crippen LogP contribution in [0.25, 0.3) is 6.08 Å². The maximum atomic E-state index is 8.87. The molecule has 0 heterocycles. The van der Waals surface area contributed by atoms with Gasteiger partial charge in [-0.3, -0.25) is 0 Å². The molecule has 0 amide bonds. The predicted molar refractivity (Wildman–Crippen MR) is 73.8 cm³/mol. The zero-order valence-corrected chi connectivity index (χ0v) is 10.6. The molecule has 1 aromatic carbocycles. The number of hydrogen-bond acceptors (Lipinski definition) is 2. The fourth-order valence-electron chi connectivity index (χ4n) is 1.61. The number of benzene rings is 1. The molecule has 0 radical (unpaired) electrons. The van der Waals surface area contributed by atoms with Gasteiger partial charge in [-0.25, -0.2) is 0 Å². The van der Waals surface area contributed by atoms with Crippen LogP contribution in [0.3, 0.4) is 0 Å². The molecule has 0 bridgehead atoms. The maximum absolute atomic E-state index is 8.87. The molecule has 0 aliphatic heterocycles. The number of aliphatic hydroxyl groups excluding tert-OH is 1. The van der Waals surface area contributed by atoms with Gasteiger partial charge in [0.15, 0.2) is 0 Å². The normalized spacial score (nSPS) is 13.1. The van der Waals surface area contributed by atoms with Gasteiger partial charge in [-0.1, -0.05) is 49.4 Å². The van der Waals surface area contributed by atoms with E-state index in [1.807, 2.05) is 18.2 Å². The summed E-state index contributed by atoms with van der Waals surface area (Å²) in [5, 5.41) is 12.2. The van der Waals surface area contributed by atoms with Crippen molar-refractivity contribution in [3.8, 4) is 0 Å². The highest BCUT2D eigenvalue weighted by molar-refractivity contribution is 5.48. The Morgan fingerprint density at radius 3 is 2.76 bits per heavy atom. The molecule has 0 spiro atoms. The first-order chi connectivity index (χ1) is 8.33. The standard InChI is InChI=1S/C15H23NO/c1-14(13-17)7-5-11-16-12-6-10-15-8-3-2-4-9-15/h2-4,6,8-10,14,16-17H,5,7,11-13H2,1H3/b10-6+. The van der Waals surface area contributed by atoms with Gasteiger partial charge in [-0.2, -0.15) is 0 Å². The molecular weight excluding hydrogens is 210 g/mol. The Kier molecular flexibility index (Phi) is 7.35. The molecule has 0 fully saturated rings. The molecule has 1 aromatic rings. The van der Waals surface area contributed by atoms with Gasteiger partial charge in [-0.05, 0) is 30.9 Å². The molecular formula is C15H23NO. The lowest BCUT2D eigenvalue weighted by Crippen LogP contribution is -2.16. The third kappa shape index (κ3) is 6.93. The molecule has 0 saturated carbocycles. The summed E-state index contributed by atoms with van der Waals surface area (Å²) in [7, 11) is 0. The first-order valence-corrected chi connectivity index (χ1v) is 6.36. The SMILES string of the molecule is CC(CO)CCCNC/C=C/c1ccccc1. The van der Waals surface area contributed by atoms with Crippen molar-refractivity contribution in [1.82, 2.24) is 5.32 Å². The Bertz CT molecular complexity index is 308. The van der Waals surface area contributed by atoms with Crippen LogP contribution in [-0.4, -0.2) is 24.8 Å². The van der Waals surface area contributed by atoms with Crippen molar-refractivity contribution in [1.29, 1.82) is 0 Å². The van der Waals surface area contributed by atoms with E-state index < -0.39 is 0 Å². The van der Waals surface area contributed by atoms with E-state index in [1.54, 1.807) is 0 Å². The molecule has 17 heavy (non-hydrogen) atoms. The van der Waals surface area contributed by atoms with E-state index in [0.29, 0.717) is 12.5 Å². The van der Waals surface area contributed by atoms with Gasteiger partial charge in [0.1, 0.15) is 0 Å². The maximum Gasteiger partial charge on any atom is 0.0456 e. The molecule has 2 N–H and O–H groups in total. The number of nitrogens with one attached hydrogen (secondary N) is 1. The average Bonchev–Trinajstić information content (AvgIpc) is 2.38. The lowest BCUT2D eigenvalue weighted by Gasteiger charge is -2.06. The summed E-state index contributed by atoms with van der Waals surface area (Å²) in [6.07, 6.45) is 6.49. The zero-order chi connectivity index (χ0) is 12.3. The molecule has 2 heteroatoms. The van der Waals surface area contributed by atoms with Gasteiger partial charge >= 0.3 is 0 Å². The number of aliphatic hydroxyl groups is 1. The van der Waals surface area contributed by atoms with Gasteiger partial charge in [-0.15, -0.1) is 0 Å². The molecule has 0 saturated heterocycles. The minimum Gasteiger partial charge on any atom is -0.396 e. The quantitative estimate of drug-likeness (QED) is 0.677. The summed E-state index contributed by atoms with van der Waals surface area (Å²) in [4.78, 5) is 0. The van der Waals surface area contributed by atoms with Crippen LogP contribution < -0.4 is 5.32 Å². The summed E-state index contributed by atoms with van der Waals surface area (Å²) in [5.41, 5.74) is 1.24. The summed E-state index contributed by atoms with van der Waals surface area (Å²) in [6, 6.07) is 10.3. The van der Waals surface area contributed by atoms with Crippen LogP contribution in [-0.2, 0) is 0 Å². The van der Waals surface area contributed by atoms with Crippen LogP contribution in [0.4, 0.5) is 0 Å². The van der Waals surface area contributed by atoms with E-state index >= 15 is 0 Å². The summed E-state index contributed by atoms with van der Waals surface area (Å²) >= 11 is 0. The minimum absolute atomic E-state index is 0.300. The third-order valence-electron chi connectivity index (χ3n) is 2.73. The number of rotatable bonds is 8. The van der Waals surface area contributed by atoms with E-state index in [4.69, 9.17) is 5.11 Å². The first kappa shape index (κ1) is 13.9. The first-order valence-electron chi connectivity index (χ1n) is 6.36. The van der Waals surface area contributed by atoms with E-state index in [1.165, 1.54) is 5.56 Å². The molecule has 1 rings (SSSR count). The van der Waals surface area contributed by atoms with Gasteiger partial charge in [0.25, 0.3) is 0 Å². The Balaban J connectivity index is 2.03. The zero-order valence-electron chi connectivity index (χ0n) is 10.6. The fourth-order valence-corrected chi connectivity index (χ4v) is 1.61. The highest BCUT2D eigenvalue weighted by Gasteiger charge is 1.97. The monoisotopic (exact) mass is 233 g/mol. The van der Waals surface area contributed by atoms with E-state index in [9.17, 15) is 0 Å². The third-order valence-corrected chi connectivity index (χ3v) is 2.73. The molecule has 2 nitrogen and oxygen atoms in total. The highest BCUT2D eigenvalue weighted by Crippen LogP contribution is 2.02. The van der Waals surface area contributed by atoms with E-state index in [2.05, 4.69) is 36.5 Å². The Morgan fingerprint density at radius 1 is 1.29 bits per heavy atom. The van der Waals surface area contributed by atoms with Crippen molar-refractivity contribution in [2.24, 2.45) is 5.92 Å².